The van der Waals surface area contributed by atoms with Gasteiger partial charge < -0.3 is 15.9 Å². The van der Waals surface area contributed by atoms with Crippen LogP contribution in [-0.4, -0.2) is 31.6 Å². The van der Waals surface area contributed by atoms with Gasteiger partial charge >= 0.3 is 0 Å². The predicted octanol–water partition coefficient (Wildman–Crippen LogP) is 0.501. The van der Waals surface area contributed by atoms with Crippen molar-refractivity contribution in [1.82, 2.24) is 9.97 Å². The van der Waals surface area contributed by atoms with E-state index in [2.05, 4.69) is 25.9 Å². The summed E-state index contributed by atoms with van der Waals surface area (Å²) in [6, 6.07) is 0. The molecular weight excluding hydrogens is 273 g/mol. The molecule has 0 bridgehead atoms. The Labute approximate surface area is 94.1 Å². The third-order valence-corrected chi connectivity index (χ3v) is 2.59. The molecule has 0 amide bonds. The van der Waals surface area contributed by atoms with E-state index >= 15 is 0 Å². The fourth-order valence-corrected chi connectivity index (χ4v) is 1.47. The number of anilines is 1. The lowest BCUT2D eigenvalue weighted by atomic mass is 10.1. The number of aromatic nitrogens is 2. The Kier molecular flexibility index (Phi) is 4.06. The maximum absolute atomic E-state index is 9.58. The van der Waals surface area contributed by atoms with E-state index in [4.69, 9.17) is 17.3 Å². The Balaban J connectivity index is 2.95. The molecule has 1 aromatic rings. The van der Waals surface area contributed by atoms with Crippen molar-refractivity contribution in [3.05, 3.63) is 16.9 Å². The molecule has 0 saturated carbocycles. The first-order chi connectivity index (χ1) is 6.56. The zero-order valence-corrected chi connectivity index (χ0v) is 9.40. The number of hydrogen-bond acceptors (Lipinski definition) is 5. The number of alkyl halides is 1. The number of nitrogens with two attached hydrogens (primary N) is 1. The third-order valence-electron chi connectivity index (χ3n) is 1.63. The highest BCUT2D eigenvalue weighted by atomic mass is 79.9. The maximum atomic E-state index is 9.58. The number of nitrogens with zero attached hydrogens (tertiary/aromatic N) is 2. The number of hydrogen-bond donors (Lipinski definition) is 3. The van der Waals surface area contributed by atoms with Gasteiger partial charge in [-0.25, -0.2) is 9.97 Å². The van der Waals surface area contributed by atoms with Crippen LogP contribution in [0.1, 0.15) is 11.7 Å². The first-order valence-corrected chi connectivity index (χ1v) is 5.26. The molecule has 0 spiro atoms. The molecule has 0 aliphatic carbocycles. The zero-order valence-electron chi connectivity index (χ0n) is 7.06. The van der Waals surface area contributed by atoms with Crippen molar-refractivity contribution in [2.45, 2.75) is 12.2 Å². The maximum Gasteiger partial charge on any atom is 0.221 e. The van der Waals surface area contributed by atoms with Gasteiger partial charge in [-0.2, -0.15) is 0 Å². The Morgan fingerprint density at radius 1 is 1.57 bits per heavy atom. The smallest absolute Gasteiger partial charge is 0.221 e. The minimum absolute atomic E-state index is 0.0271. The number of nitrogen functional groups attached to an aromatic ring is 1. The normalized spacial score (nSPS) is 15.1. The minimum Gasteiger partial charge on any atom is -0.389 e. The van der Waals surface area contributed by atoms with Crippen LogP contribution >= 0.6 is 27.5 Å². The predicted molar refractivity (Wildman–Crippen MR) is 56.2 cm³/mol. The highest BCUT2D eigenvalue weighted by molar-refractivity contribution is 9.09. The van der Waals surface area contributed by atoms with Gasteiger partial charge in [0, 0.05) is 17.1 Å². The van der Waals surface area contributed by atoms with Gasteiger partial charge in [0.05, 0.1) is 6.10 Å². The molecule has 0 aromatic carbocycles. The van der Waals surface area contributed by atoms with Crippen LogP contribution in [0.3, 0.4) is 0 Å². The monoisotopic (exact) mass is 281 g/mol. The fourth-order valence-electron chi connectivity index (χ4n) is 0.873. The largest absolute Gasteiger partial charge is 0.389 e. The Hall–Kier alpha value is -0.430. The summed E-state index contributed by atoms with van der Waals surface area (Å²) in [6.07, 6.45) is -0.788. The molecule has 1 rings (SSSR count). The van der Waals surface area contributed by atoms with Crippen molar-refractivity contribution < 1.29 is 10.2 Å². The lowest BCUT2D eigenvalue weighted by Crippen LogP contribution is -2.20. The van der Waals surface area contributed by atoms with Crippen LogP contribution in [0, 0.1) is 0 Å². The minimum atomic E-state index is -1.12. The summed E-state index contributed by atoms with van der Waals surface area (Å²) in [6.45, 7) is 0. The van der Waals surface area contributed by atoms with Crippen LogP contribution in [0.5, 0.6) is 0 Å². The first kappa shape index (κ1) is 11.6. The molecule has 4 N–H and O–H groups in total. The summed E-state index contributed by atoms with van der Waals surface area (Å²) in [4.78, 5) is 7.33. The number of aliphatic hydroxyl groups is 2. The van der Waals surface area contributed by atoms with Crippen molar-refractivity contribution in [3.8, 4) is 0 Å². The Bertz CT molecular complexity index is 326. The SMILES string of the molecule is Nc1ncc(C(O)C(O)CBr)c(Cl)n1. The van der Waals surface area contributed by atoms with E-state index < -0.39 is 12.2 Å². The van der Waals surface area contributed by atoms with Crippen LogP contribution in [-0.2, 0) is 0 Å². The second kappa shape index (κ2) is 4.88. The molecule has 5 nitrogen and oxygen atoms in total. The van der Waals surface area contributed by atoms with Crippen LogP contribution < -0.4 is 5.73 Å². The summed E-state index contributed by atoms with van der Waals surface area (Å²) in [5, 5.41) is 19.2. The van der Waals surface area contributed by atoms with Crippen LogP contribution in [0.4, 0.5) is 5.95 Å². The second-order valence-corrected chi connectivity index (χ2v) is 3.65. The molecule has 0 radical (unpaired) electrons. The van der Waals surface area contributed by atoms with E-state index in [1.807, 2.05) is 0 Å². The summed E-state index contributed by atoms with van der Waals surface area (Å²) < 4.78 is 0. The van der Waals surface area contributed by atoms with Gasteiger partial charge in [-0.15, -0.1) is 0 Å². The third kappa shape index (κ3) is 2.54. The molecule has 1 aromatic heterocycles. The van der Waals surface area contributed by atoms with E-state index in [0.717, 1.165) is 0 Å². The van der Waals surface area contributed by atoms with E-state index in [1.54, 1.807) is 0 Å². The molecule has 2 atom stereocenters. The fraction of sp³-hybridized carbons (Fsp3) is 0.429. The van der Waals surface area contributed by atoms with Gasteiger partial charge in [0.25, 0.3) is 0 Å². The molecule has 78 valence electrons. The summed E-state index contributed by atoms with van der Waals surface area (Å²) in [7, 11) is 0. The molecule has 14 heavy (non-hydrogen) atoms. The molecule has 0 saturated heterocycles. The number of aliphatic hydroxyl groups excluding tert-OH is 2. The van der Waals surface area contributed by atoms with Gasteiger partial charge in [-0.1, -0.05) is 27.5 Å². The quantitative estimate of drug-likeness (QED) is 0.555. The molecular formula is C7H9BrClN3O2. The van der Waals surface area contributed by atoms with Crippen LogP contribution in [0.2, 0.25) is 5.15 Å². The van der Waals surface area contributed by atoms with Crippen molar-refractivity contribution in [2.75, 3.05) is 11.1 Å². The van der Waals surface area contributed by atoms with Gasteiger partial charge in [0.2, 0.25) is 5.95 Å². The van der Waals surface area contributed by atoms with Gasteiger partial charge in [0.1, 0.15) is 11.3 Å². The average Bonchev–Trinajstić information content (AvgIpc) is 2.15. The van der Waals surface area contributed by atoms with Crippen molar-refractivity contribution >= 4 is 33.5 Å². The lowest BCUT2D eigenvalue weighted by Gasteiger charge is -2.15. The highest BCUT2D eigenvalue weighted by Crippen LogP contribution is 2.24. The molecule has 0 aliphatic heterocycles. The molecule has 7 heteroatoms. The summed E-state index contributed by atoms with van der Waals surface area (Å²) >= 11 is 8.74. The van der Waals surface area contributed by atoms with Crippen molar-refractivity contribution in [2.24, 2.45) is 0 Å². The molecule has 0 aliphatic rings. The first-order valence-electron chi connectivity index (χ1n) is 3.76. The Morgan fingerprint density at radius 3 is 2.71 bits per heavy atom. The van der Waals surface area contributed by atoms with Crippen molar-refractivity contribution in [3.63, 3.8) is 0 Å². The lowest BCUT2D eigenvalue weighted by molar-refractivity contribution is 0.0339. The standard InChI is InChI=1S/C7H9BrClN3O2/c8-1-4(13)5(14)3-2-11-7(10)12-6(3)9/h2,4-5,13-14H,1H2,(H2,10,11,12). The van der Waals surface area contributed by atoms with Gasteiger partial charge in [0.15, 0.2) is 0 Å². The molecule has 0 fully saturated rings. The topological polar surface area (TPSA) is 92.3 Å². The van der Waals surface area contributed by atoms with Gasteiger partial charge in [-0.05, 0) is 0 Å². The molecule has 2 unspecified atom stereocenters. The highest BCUT2D eigenvalue weighted by Gasteiger charge is 2.20. The van der Waals surface area contributed by atoms with Crippen LogP contribution in [0.15, 0.2) is 6.20 Å². The Morgan fingerprint density at radius 2 is 2.21 bits per heavy atom. The zero-order chi connectivity index (χ0) is 10.7. The number of rotatable bonds is 3. The summed E-state index contributed by atoms with van der Waals surface area (Å²) in [5.41, 5.74) is 5.53. The van der Waals surface area contributed by atoms with Crippen molar-refractivity contribution in [1.29, 1.82) is 0 Å². The van der Waals surface area contributed by atoms with E-state index in [0.29, 0.717) is 0 Å². The average molecular weight is 283 g/mol. The van der Waals surface area contributed by atoms with Crippen LogP contribution in [0.25, 0.3) is 0 Å². The van der Waals surface area contributed by atoms with Gasteiger partial charge in [-0.3, -0.25) is 0 Å². The molecule has 1 heterocycles. The summed E-state index contributed by atoms with van der Waals surface area (Å²) in [5.74, 6) is 0.0271. The van der Waals surface area contributed by atoms with E-state index in [9.17, 15) is 10.2 Å². The van der Waals surface area contributed by atoms with E-state index in [1.165, 1.54) is 6.20 Å². The second-order valence-electron chi connectivity index (χ2n) is 2.64. The van der Waals surface area contributed by atoms with E-state index in [-0.39, 0.29) is 22.0 Å². The number of halogens is 2.